The second-order valence-corrected chi connectivity index (χ2v) is 6.61. The molecule has 2 nitrogen and oxygen atoms in total. The second-order valence-electron chi connectivity index (χ2n) is 6.61. The molecular weight excluding hydrogens is 244 g/mol. The first-order valence-electron chi connectivity index (χ1n) is 8.26. The van der Waals surface area contributed by atoms with Crippen molar-refractivity contribution in [3.05, 3.63) is 24.3 Å². The fraction of sp³-hybridized carbons (Fsp3) is 0.667. The third-order valence-corrected chi connectivity index (χ3v) is 4.18. The van der Waals surface area contributed by atoms with Crippen molar-refractivity contribution in [1.82, 2.24) is 0 Å². The van der Waals surface area contributed by atoms with Crippen LogP contribution in [0.1, 0.15) is 52.9 Å². The van der Waals surface area contributed by atoms with Gasteiger partial charge in [-0.05, 0) is 69.2 Å². The van der Waals surface area contributed by atoms with E-state index in [1.807, 2.05) is 0 Å². The fourth-order valence-electron chi connectivity index (χ4n) is 2.86. The molecule has 1 saturated heterocycles. The summed E-state index contributed by atoms with van der Waals surface area (Å²) in [5.41, 5.74) is 2.63. The van der Waals surface area contributed by atoms with Crippen LogP contribution in [0.15, 0.2) is 24.3 Å². The molecule has 1 N–H and O–H groups in total. The van der Waals surface area contributed by atoms with Crippen LogP contribution in [0, 0.1) is 5.92 Å². The molecule has 0 spiro atoms. The highest BCUT2D eigenvalue weighted by Crippen LogP contribution is 2.22. The quantitative estimate of drug-likeness (QED) is 0.792. The van der Waals surface area contributed by atoms with Gasteiger partial charge in [-0.25, -0.2) is 0 Å². The standard InChI is InChI=1S/C18H30N2/c1-15(2)7-8-16(3)19-17-9-11-18(12-10-17)20-13-5-4-6-14-20/h9-12,15-16,19H,4-8,13-14H2,1-3H3. The van der Waals surface area contributed by atoms with Crippen molar-refractivity contribution in [3.63, 3.8) is 0 Å². The zero-order chi connectivity index (χ0) is 14.4. The predicted octanol–water partition coefficient (Wildman–Crippen LogP) is 4.91. The SMILES string of the molecule is CC(C)CCC(C)Nc1ccc(N2CCCCC2)cc1. The van der Waals surface area contributed by atoms with Crippen LogP contribution in [0.5, 0.6) is 0 Å². The Morgan fingerprint density at radius 1 is 0.950 bits per heavy atom. The molecule has 1 aliphatic heterocycles. The van der Waals surface area contributed by atoms with Gasteiger partial charge in [0.2, 0.25) is 0 Å². The van der Waals surface area contributed by atoms with E-state index >= 15 is 0 Å². The normalized spacial score (nSPS) is 17.3. The van der Waals surface area contributed by atoms with E-state index in [9.17, 15) is 0 Å². The van der Waals surface area contributed by atoms with E-state index in [0.717, 1.165) is 5.92 Å². The molecule has 1 aliphatic rings. The summed E-state index contributed by atoms with van der Waals surface area (Å²) in [5.74, 6) is 0.792. The van der Waals surface area contributed by atoms with Crippen LogP contribution in [-0.4, -0.2) is 19.1 Å². The molecule has 0 bridgehead atoms. The van der Waals surface area contributed by atoms with Crippen molar-refractivity contribution in [1.29, 1.82) is 0 Å². The largest absolute Gasteiger partial charge is 0.383 e. The van der Waals surface area contributed by atoms with Crippen LogP contribution < -0.4 is 10.2 Å². The zero-order valence-corrected chi connectivity index (χ0v) is 13.4. The molecule has 20 heavy (non-hydrogen) atoms. The Morgan fingerprint density at radius 2 is 1.60 bits per heavy atom. The molecule has 112 valence electrons. The smallest absolute Gasteiger partial charge is 0.0367 e. The monoisotopic (exact) mass is 274 g/mol. The molecule has 1 aromatic rings. The van der Waals surface area contributed by atoms with Gasteiger partial charge in [0.25, 0.3) is 0 Å². The Balaban J connectivity index is 1.84. The lowest BCUT2D eigenvalue weighted by molar-refractivity contribution is 0.528. The molecule has 1 heterocycles. The van der Waals surface area contributed by atoms with Crippen molar-refractivity contribution in [2.24, 2.45) is 5.92 Å². The first kappa shape index (κ1) is 15.2. The molecule has 0 aliphatic carbocycles. The topological polar surface area (TPSA) is 15.3 Å². The van der Waals surface area contributed by atoms with Gasteiger partial charge in [-0.2, -0.15) is 0 Å². The van der Waals surface area contributed by atoms with Crippen LogP contribution in [0.3, 0.4) is 0 Å². The van der Waals surface area contributed by atoms with Gasteiger partial charge in [0.15, 0.2) is 0 Å². The number of anilines is 2. The highest BCUT2D eigenvalue weighted by molar-refractivity contribution is 5.55. The van der Waals surface area contributed by atoms with E-state index in [1.165, 1.54) is 56.6 Å². The molecule has 2 rings (SSSR count). The van der Waals surface area contributed by atoms with Gasteiger partial charge < -0.3 is 10.2 Å². The number of benzene rings is 1. The maximum Gasteiger partial charge on any atom is 0.0367 e. The summed E-state index contributed by atoms with van der Waals surface area (Å²) in [6.07, 6.45) is 6.60. The number of hydrogen-bond donors (Lipinski definition) is 1. The Hall–Kier alpha value is -1.18. The molecule has 0 saturated carbocycles. The van der Waals surface area contributed by atoms with E-state index in [2.05, 4.69) is 55.3 Å². The Bertz CT molecular complexity index is 377. The van der Waals surface area contributed by atoms with Crippen LogP contribution in [0.2, 0.25) is 0 Å². The van der Waals surface area contributed by atoms with Crippen LogP contribution in [0.4, 0.5) is 11.4 Å². The number of rotatable bonds is 6. The minimum absolute atomic E-state index is 0.554. The van der Waals surface area contributed by atoms with Crippen molar-refractivity contribution < 1.29 is 0 Å². The molecular formula is C18H30N2. The van der Waals surface area contributed by atoms with Crippen LogP contribution in [-0.2, 0) is 0 Å². The van der Waals surface area contributed by atoms with Gasteiger partial charge in [0.1, 0.15) is 0 Å². The van der Waals surface area contributed by atoms with Gasteiger partial charge >= 0.3 is 0 Å². The summed E-state index contributed by atoms with van der Waals surface area (Å²) in [4.78, 5) is 2.51. The highest BCUT2D eigenvalue weighted by atomic mass is 15.1. The lowest BCUT2D eigenvalue weighted by Crippen LogP contribution is -2.29. The third kappa shape index (κ3) is 4.73. The minimum atomic E-state index is 0.554. The Morgan fingerprint density at radius 3 is 2.20 bits per heavy atom. The van der Waals surface area contributed by atoms with Crippen molar-refractivity contribution >= 4 is 11.4 Å². The van der Waals surface area contributed by atoms with E-state index in [-0.39, 0.29) is 0 Å². The lowest BCUT2D eigenvalue weighted by atomic mass is 10.0. The fourth-order valence-corrected chi connectivity index (χ4v) is 2.86. The number of hydrogen-bond acceptors (Lipinski definition) is 2. The third-order valence-electron chi connectivity index (χ3n) is 4.18. The van der Waals surface area contributed by atoms with E-state index < -0.39 is 0 Å². The Labute approximate surface area is 124 Å². The van der Waals surface area contributed by atoms with Gasteiger partial charge in [-0.15, -0.1) is 0 Å². The van der Waals surface area contributed by atoms with Crippen molar-refractivity contribution in [3.8, 4) is 0 Å². The highest BCUT2D eigenvalue weighted by Gasteiger charge is 2.10. The summed E-state index contributed by atoms with van der Waals surface area (Å²) < 4.78 is 0. The summed E-state index contributed by atoms with van der Waals surface area (Å²) >= 11 is 0. The minimum Gasteiger partial charge on any atom is -0.383 e. The van der Waals surface area contributed by atoms with Gasteiger partial charge in [0.05, 0.1) is 0 Å². The van der Waals surface area contributed by atoms with Gasteiger partial charge in [-0.1, -0.05) is 13.8 Å². The van der Waals surface area contributed by atoms with Gasteiger partial charge in [0, 0.05) is 30.5 Å². The predicted molar refractivity (Wildman–Crippen MR) is 89.7 cm³/mol. The molecule has 2 heteroatoms. The van der Waals surface area contributed by atoms with E-state index in [0.29, 0.717) is 6.04 Å². The molecule has 1 atom stereocenters. The zero-order valence-electron chi connectivity index (χ0n) is 13.4. The number of piperidine rings is 1. The van der Waals surface area contributed by atoms with Crippen LogP contribution >= 0.6 is 0 Å². The summed E-state index contributed by atoms with van der Waals surface area (Å²) in [6, 6.07) is 9.55. The molecule has 1 unspecified atom stereocenters. The molecule has 1 aromatic carbocycles. The maximum absolute atomic E-state index is 3.61. The molecule has 0 amide bonds. The summed E-state index contributed by atoms with van der Waals surface area (Å²) in [5, 5.41) is 3.61. The maximum atomic E-state index is 3.61. The second kappa shape index (κ2) is 7.56. The van der Waals surface area contributed by atoms with Gasteiger partial charge in [-0.3, -0.25) is 0 Å². The van der Waals surface area contributed by atoms with E-state index in [4.69, 9.17) is 0 Å². The van der Waals surface area contributed by atoms with Crippen molar-refractivity contribution in [2.45, 2.75) is 58.9 Å². The first-order chi connectivity index (χ1) is 9.65. The molecule has 0 aromatic heterocycles. The summed E-state index contributed by atoms with van der Waals surface area (Å²) in [6.45, 7) is 9.30. The molecule has 1 fully saturated rings. The Kier molecular flexibility index (Phi) is 5.75. The molecule has 0 radical (unpaired) electrons. The number of nitrogens with zero attached hydrogens (tertiary/aromatic N) is 1. The average Bonchev–Trinajstić information content (AvgIpc) is 2.47. The van der Waals surface area contributed by atoms with Crippen molar-refractivity contribution in [2.75, 3.05) is 23.3 Å². The van der Waals surface area contributed by atoms with E-state index in [1.54, 1.807) is 0 Å². The average molecular weight is 274 g/mol. The number of nitrogens with one attached hydrogen (secondary N) is 1. The first-order valence-corrected chi connectivity index (χ1v) is 8.26. The summed E-state index contributed by atoms with van der Waals surface area (Å²) in [7, 11) is 0. The lowest BCUT2D eigenvalue weighted by Gasteiger charge is -2.29. The van der Waals surface area contributed by atoms with Crippen LogP contribution in [0.25, 0.3) is 0 Å².